The first kappa shape index (κ1) is 18.5. The number of aromatic amines is 1. The van der Waals surface area contributed by atoms with Crippen LogP contribution in [0.4, 0.5) is 5.95 Å². The molecule has 0 saturated carbocycles. The predicted molar refractivity (Wildman–Crippen MR) is 105 cm³/mol. The van der Waals surface area contributed by atoms with Gasteiger partial charge in [0.25, 0.3) is 11.5 Å². The van der Waals surface area contributed by atoms with Crippen molar-refractivity contribution in [1.82, 2.24) is 19.9 Å². The maximum atomic E-state index is 13.1. The molecule has 1 atom stereocenters. The van der Waals surface area contributed by atoms with Crippen LogP contribution in [-0.4, -0.2) is 60.1 Å². The fourth-order valence-corrected chi connectivity index (χ4v) is 4.39. The molecule has 0 aromatic carbocycles. The Kier molecular flexibility index (Phi) is 4.56. The molecule has 8 nitrogen and oxygen atoms in total. The number of likely N-dealkylation sites (tertiary alicyclic amines) is 1. The average Bonchev–Trinajstić information content (AvgIpc) is 3.05. The van der Waals surface area contributed by atoms with Crippen LogP contribution in [0.15, 0.2) is 23.1 Å². The molecule has 0 bridgehead atoms. The summed E-state index contributed by atoms with van der Waals surface area (Å²) in [5.41, 5.74) is 1.89. The molecule has 1 aliphatic carbocycles. The number of piperidine rings is 1. The first-order valence-electron chi connectivity index (χ1n) is 9.54. The molecule has 3 heterocycles. The Hall–Kier alpha value is -2.90. The molecule has 2 aromatic rings. The quantitative estimate of drug-likeness (QED) is 0.861. The van der Waals surface area contributed by atoms with Crippen LogP contribution in [0, 0.1) is 0 Å². The highest BCUT2D eigenvalue weighted by atomic mass is 16.5. The molecule has 4 rings (SSSR count). The molecule has 1 fully saturated rings. The van der Waals surface area contributed by atoms with Crippen molar-refractivity contribution in [2.45, 2.75) is 31.1 Å². The van der Waals surface area contributed by atoms with Crippen molar-refractivity contribution in [2.75, 3.05) is 39.2 Å². The Morgan fingerprint density at radius 3 is 2.93 bits per heavy atom. The number of H-pyrrole nitrogens is 1. The monoisotopic (exact) mass is 383 g/mol. The van der Waals surface area contributed by atoms with E-state index in [-0.39, 0.29) is 16.9 Å². The number of ether oxygens (including phenoxy) is 1. The van der Waals surface area contributed by atoms with Crippen LogP contribution >= 0.6 is 0 Å². The highest BCUT2D eigenvalue weighted by Gasteiger charge is 2.45. The summed E-state index contributed by atoms with van der Waals surface area (Å²) in [6.45, 7) is 1.27. The van der Waals surface area contributed by atoms with Crippen molar-refractivity contribution >= 4 is 11.9 Å². The summed E-state index contributed by atoms with van der Waals surface area (Å²) in [5, 5.41) is 0. The Balaban J connectivity index is 1.67. The first-order chi connectivity index (χ1) is 13.4. The van der Waals surface area contributed by atoms with Crippen molar-refractivity contribution in [2.24, 2.45) is 0 Å². The Morgan fingerprint density at radius 2 is 2.18 bits per heavy atom. The minimum atomic E-state index is -0.251. The Bertz CT molecular complexity index is 971. The number of methoxy groups -OCH3 is 1. The van der Waals surface area contributed by atoms with E-state index in [4.69, 9.17) is 9.72 Å². The van der Waals surface area contributed by atoms with Gasteiger partial charge in [-0.1, -0.05) is 0 Å². The van der Waals surface area contributed by atoms with Gasteiger partial charge in [-0.25, -0.2) is 9.97 Å². The summed E-state index contributed by atoms with van der Waals surface area (Å²) < 4.78 is 5.15. The molecule has 1 N–H and O–H groups in total. The third-order valence-corrected chi connectivity index (χ3v) is 5.84. The van der Waals surface area contributed by atoms with E-state index in [2.05, 4.69) is 9.97 Å². The van der Waals surface area contributed by atoms with E-state index in [0.717, 1.165) is 30.5 Å². The van der Waals surface area contributed by atoms with Gasteiger partial charge >= 0.3 is 0 Å². The number of carbonyl (C=O) groups is 1. The fourth-order valence-electron chi connectivity index (χ4n) is 4.39. The predicted octanol–water partition coefficient (Wildman–Crippen LogP) is 1.36. The number of carbonyl (C=O) groups excluding carboxylic acids is 1. The number of aromatic nitrogens is 3. The van der Waals surface area contributed by atoms with E-state index < -0.39 is 0 Å². The number of nitrogens with one attached hydrogen (secondary N) is 1. The normalized spacial score (nSPS) is 20.9. The van der Waals surface area contributed by atoms with Gasteiger partial charge in [-0.3, -0.25) is 14.6 Å². The summed E-state index contributed by atoms with van der Waals surface area (Å²) in [6, 6.07) is 3.38. The van der Waals surface area contributed by atoms with Gasteiger partial charge in [0, 0.05) is 56.0 Å². The highest BCUT2D eigenvalue weighted by Crippen LogP contribution is 2.43. The molecule has 2 aliphatic rings. The van der Waals surface area contributed by atoms with Gasteiger partial charge in [0.05, 0.1) is 12.8 Å². The molecule has 1 unspecified atom stereocenters. The smallest absolute Gasteiger partial charge is 0.255 e. The molecule has 1 saturated heterocycles. The van der Waals surface area contributed by atoms with Gasteiger partial charge in [-0.2, -0.15) is 0 Å². The number of fused-ring (bicyclic) bond motifs is 2. The lowest BCUT2D eigenvalue weighted by atomic mass is 9.77. The molecule has 1 amide bonds. The van der Waals surface area contributed by atoms with E-state index in [9.17, 15) is 9.59 Å². The Labute approximate surface area is 163 Å². The van der Waals surface area contributed by atoms with Crippen LogP contribution < -0.4 is 15.2 Å². The van der Waals surface area contributed by atoms with Crippen molar-refractivity contribution in [3.8, 4) is 5.88 Å². The molecule has 148 valence electrons. The van der Waals surface area contributed by atoms with Gasteiger partial charge in [0.1, 0.15) is 0 Å². The second-order valence-corrected chi connectivity index (χ2v) is 7.81. The number of amides is 1. The van der Waals surface area contributed by atoms with Gasteiger partial charge in [-0.05, 0) is 31.7 Å². The average molecular weight is 383 g/mol. The van der Waals surface area contributed by atoms with Crippen LogP contribution in [0.3, 0.4) is 0 Å². The number of hydrogen-bond donors (Lipinski definition) is 1. The zero-order valence-corrected chi connectivity index (χ0v) is 16.5. The van der Waals surface area contributed by atoms with Gasteiger partial charge < -0.3 is 14.5 Å². The lowest BCUT2D eigenvalue weighted by molar-refractivity contribution is 0.0633. The number of hydrogen-bond acceptors (Lipinski definition) is 6. The molecule has 2 aromatic heterocycles. The van der Waals surface area contributed by atoms with E-state index in [0.29, 0.717) is 36.9 Å². The van der Waals surface area contributed by atoms with Crippen LogP contribution in [0.25, 0.3) is 0 Å². The van der Waals surface area contributed by atoms with Crippen molar-refractivity contribution in [3.63, 3.8) is 0 Å². The number of pyridine rings is 1. The van der Waals surface area contributed by atoms with Crippen LogP contribution in [0.5, 0.6) is 5.88 Å². The molecular formula is C20H25N5O3. The maximum Gasteiger partial charge on any atom is 0.255 e. The minimum absolute atomic E-state index is 0.0362. The summed E-state index contributed by atoms with van der Waals surface area (Å²) in [7, 11) is 5.26. The number of nitrogens with zero attached hydrogens (tertiary/aromatic N) is 4. The number of anilines is 1. The number of rotatable bonds is 3. The van der Waals surface area contributed by atoms with E-state index in [1.165, 1.54) is 7.11 Å². The lowest BCUT2D eigenvalue weighted by Crippen LogP contribution is -2.48. The van der Waals surface area contributed by atoms with E-state index in [1.807, 2.05) is 23.9 Å². The summed E-state index contributed by atoms with van der Waals surface area (Å²) in [4.78, 5) is 41.1. The van der Waals surface area contributed by atoms with Gasteiger partial charge in [0.2, 0.25) is 11.8 Å². The lowest BCUT2D eigenvalue weighted by Gasteiger charge is -2.40. The SMILES string of the molecule is COc1cc(C(=O)N2CCCC3(CCc4c3nc(N(C)C)[nH]c4=O)C2)ccn1. The molecule has 8 heteroatoms. The van der Waals surface area contributed by atoms with Gasteiger partial charge in [0.15, 0.2) is 0 Å². The molecule has 28 heavy (non-hydrogen) atoms. The topological polar surface area (TPSA) is 91.4 Å². The van der Waals surface area contributed by atoms with Gasteiger partial charge in [-0.15, -0.1) is 0 Å². The first-order valence-corrected chi connectivity index (χ1v) is 9.54. The largest absolute Gasteiger partial charge is 0.481 e. The maximum absolute atomic E-state index is 13.1. The van der Waals surface area contributed by atoms with E-state index >= 15 is 0 Å². The minimum Gasteiger partial charge on any atom is -0.481 e. The third-order valence-electron chi connectivity index (χ3n) is 5.84. The standard InChI is InChI=1S/C20H25N5O3/c1-24(2)19-22-16-14(17(26)23-19)5-8-20(16)7-4-10-25(12-20)18(27)13-6-9-21-15(11-13)28-3/h6,9,11H,4-5,7-8,10,12H2,1-3H3,(H,22,23,26). The third kappa shape index (κ3) is 3.02. The summed E-state index contributed by atoms with van der Waals surface area (Å²) in [6.07, 6.45) is 4.96. The summed E-state index contributed by atoms with van der Waals surface area (Å²) in [5.74, 6) is 0.950. The van der Waals surface area contributed by atoms with Crippen molar-refractivity contribution in [1.29, 1.82) is 0 Å². The molecule has 1 aliphatic heterocycles. The van der Waals surface area contributed by atoms with Crippen LogP contribution in [0.2, 0.25) is 0 Å². The van der Waals surface area contributed by atoms with E-state index in [1.54, 1.807) is 18.3 Å². The Morgan fingerprint density at radius 1 is 1.36 bits per heavy atom. The zero-order valence-electron chi connectivity index (χ0n) is 16.5. The zero-order chi connectivity index (χ0) is 19.9. The molecule has 0 radical (unpaired) electrons. The molecular weight excluding hydrogens is 358 g/mol. The highest BCUT2D eigenvalue weighted by molar-refractivity contribution is 5.94. The van der Waals surface area contributed by atoms with Crippen LogP contribution in [0.1, 0.15) is 40.9 Å². The van der Waals surface area contributed by atoms with Crippen molar-refractivity contribution in [3.05, 3.63) is 45.5 Å². The van der Waals surface area contributed by atoms with Crippen LogP contribution in [-0.2, 0) is 11.8 Å². The molecule has 1 spiro atoms. The fraction of sp³-hybridized carbons (Fsp3) is 0.500. The summed E-state index contributed by atoms with van der Waals surface area (Å²) >= 11 is 0. The van der Waals surface area contributed by atoms with Crippen molar-refractivity contribution < 1.29 is 9.53 Å². The second-order valence-electron chi connectivity index (χ2n) is 7.81. The second kappa shape index (κ2) is 6.92.